The molecule has 50 valence electrons. The van der Waals surface area contributed by atoms with Gasteiger partial charge in [-0.15, -0.1) is 0 Å². The Morgan fingerprint density at radius 2 is 2.44 bits per heavy atom. The predicted molar refractivity (Wildman–Crippen MR) is 32.6 cm³/mol. The van der Waals surface area contributed by atoms with Crippen LogP contribution in [0.3, 0.4) is 0 Å². The molecule has 3 nitrogen and oxygen atoms in total. The second-order valence-electron chi connectivity index (χ2n) is 3.07. The first-order valence-electron chi connectivity index (χ1n) is 3.42. The molecule has 0 aromatic heterocycles. The van der Waals surface area contributed by atoms with Crippen molar-refractivity contribution in [3.63, 3.8) is 0 Å². The van der Waals surface area contributed by atoms with Crippen molar-refractivity contribution in [1.29, 1.82) is 0 Å². The molecule has 2 heterocycles. The zero-order valence-electron chi connectivity index (χ0n) is 5.34. The van der Waals surface area contributed by atoms with E-state index in [9.17, 15) is 4.79 Å². The molecule has 0 saturated carbocycles. The molecular weight excluding hydrogens is 116 g/mol. The first kappa shape index (κ1) is 5.23. The Bertz CT molecular complexity index is 168. The van der Waals surface area contributed by atoms with Crippen LogP contribution in [-0.2, 0) is 0 Å². The number of carbonyl (C=O) groups excluding carboxylic acids is 1. The Balaban J connectivity index is 2.19. The molecule has 2 unspecified atom stereocenters. The lowest BCUT2D eigenvalue weighted by atomic mass is 10.3. The molecular formula is C6H11N2O+. The molecule has 2 aliphatic heterocycles. The van der Waals surface area contributed by atoms with Crippen molar-refractivity contribution >= 4 is 6.03 Å². The number of nitrogens with two attached hydrogens (primary N) is 1. The molecule has 0 aromatic carbocycles. The molecule has 2 fully saturated rings. The largest absolute Gasteiger partial charge is 0.414 e. The highest BCUT2D eigenvalue weighted by Gasteiger charge is 2.62. The number of fused-ring (bicyclic) bond motifs is 1. The summed E-state index contributed by atoms with van der Waals surface area (Å²) >= 11 is 0. The van der Waals surface area contributed by atoms with E-state index in [-0.39, 0.29) is 6.03 Å². The average Bonchev–Trinajstić information content (AvgIpc) is 2.38. The van der Waals surface area contributed by atoms with Crippen molar-refractivity contribution in [3.05, 3.63) is 0 Å². The third-order valence-electron chi connectivity index (χ3n) is 2.64. The number of nitrogens with zero attached hydrogens (tertiary/aromatic N) is 1. The van der Waals surface area contributed by atoms with Gasteiger partial charge in [0.05, 0.1) is 6.54 Å². The van der Waals surface area contributed by atoms with E-state index in [4.69, 9.17) is 5.73 Å². The summed E-state index contributed by atoms with van der Waals surface area (Å²) in [6, 6.07) is 0.500. The van der Waals surface area contributed by atoms with E-state index in [1.54, 1.807) is 0 Å². The van der Waals surface area contributed by atoms with E-state index in [1.165, 1.54) is 12.8 Å². The molecule has 0 aliphatic carbocycles. The van der Waals surface area contributed by atoms with Crippen LogP contribution in [0.1, 0.15) is 12.8 Å². The fraction of sp³-hybridized carbons (Fsp3) is 0.833. The normalized spacial score (nSPS) is 46.4. The minimum absolute atomic E-state index is 0.113. The molecule has 2 saturated heterocycles. The molecule has 9 heavy (non-hydrogen) atoms. The second kappa shape index (κ2) is 1.29. The number of rotatable bonds is 0. The number of primary amides is 1. The summed E-state index contributed by atoms with van der Waals surface area (Å²) in [4.78, 5) is 10.8. The molecule has 0 aromatic rings. The molecule has 2 N–H and O–H groups in total. The van der Waals surface area contributed by atoms with Crippen molar-refractivity contribution in [1.82, 2.24) is 0 Å². The number of amides is 2. The lowest BCUT2D eigenvalue weighted by Gasteiger charge is -2.06. The monoisotopic (exact) mass is 127 g/mol. The fourth-order valence-electron chi connectivity index (χ4n) is 1.93. The van der Waals surface area contributed by atoms with Gasteiger partial charge in [-0.1, -0.05) is 0 Å². The summed E-state index contributed by atoms with van der Waals surface area (Å²) in [6.45, 7) is 2.02. The van der Waals surface area contributed by atoms with Crippen molar-refractivity contribution in [2.45, 2.75) is 18.9 Å². The summed E-state index contributed by atoms with van der Waals surface area (Å²) in [5, 5.41) is 0. The van der Waals surface area contributed by atoms with Crippen LogP contribution in [0.5, 0.6) is 0 Å². The lowest BCUT2D eigenvalue weighted by molar-refractivity contribution is -0.714. The van der Waals surface area contributed by atoms with Gasteiger partial charge in [-0.3, -0.25) is 0 Å². The fourth-order valence-corrected chi connectivity index (χ4v) is 1.93. The molecule has 0 bridgehead atoms. The number of hydrogen-bond donors (Lipinski definition) is 1. The first-order valence-corrected chi connectivity index (χ1v) is 3.42. The van der Waals surface area contributed by atoms with Crippen LogP contribution < -0.4 is 5.73 Å². The minimum atomic E-state index is -0.113. The van der Waals surface area contributed by atoms with Crippen LogP contribution in [0.2, 0.25) is 0 Å². The summed E-state index contributed by atoms with van der Waals surface area (Å²) < 4.78 is 0.611. The molecule has 2 rings (SSSR count). The minimum Gasteiger partial charge on any atom is -0.319 e. The van der Waals surface area contributed by atoms with Crippen LogP contribution in [0, 0.1) is 0 Å². The van der Waals surface area contributed by atoms with E-state index in [2.05, 4.69) is 0 Å². The van der Waals surface area contributed by atoms with Gasteiger partial charge in [-0.2, -0.15) is 0 Å². The van der Waals surface area contributed by atoms with E-state index in [1.807, 2.05) is 0 Å². The van der Waals surface area contributed by atoms with Crippen molar-refractivity contribution in [2.24, 2.45) is 5.73 Å². The topological polar surface area (TPSA) is 43.1 Å². The van der Waals surface area contributed by atoms with Gasteiger partial charge in [0.25, 0.3) is 0 Å². The maximum absolute atomic E-state index is 10.8. The van der Waals surface area contributed by atoms with Gasteiger partial charge in [0, 0.05) is 12.8 Å². The van der Waals surface area contributed by atoms with Crippen molar-refractivity contribution in [3.8, 4) is 0 Å². The van der Waals surface area contributed by atoms with E-state index < -0.39 is 0 Å². The Morgan fingerprint density at radius 1 is 1.67 bits per heavy atom. The number of carbonyl (C=O) groups is 1. The maximum Gasteiger partial charge on any atom is 0.414 e. The van der Waals surface area contributed by atoms with E-state index >= 15 is 0 Å². The van der Waals surface area contributed by atoms with Crippen LogP contribution >= 0.6 is 0 Å². The number of quaternary nitrogens is 1. The van der Waals surface area contributed by atoms with Gasteiger partial charge in [-0.25, -0.2) is 9.28 Å². The highest BCUT2D eigenvalue weighted by molar-refractivity contribution is 5.66. The summed E-state index contributed by atoms with van der Waals surface area (Å²) in [6.07, 6.45) is 2.40. The third kappa shape index (κ3) is 0.477. The Labute approximate surface area is 54.0 Å². The molecule has 2 aliphatic rings. The third-order valence-corrected chi connectivity index (χ3v) is 2.64. The Kier molecular flexibility index (Phi) is 0.750. The van der Waals surface area contributed by atoms with Gasteiger partial charge in [0.15, 0.2) is 0 Å². The van der Waals surface area contributed by atoms with E-state index in [0.29, 0.717) is 10.5 Å². The van der Waals surface area contributed by atoms with Crippen molar-refractivity contribution < 1.29 is 9.28 Å². The quantitative estimate of drug-likeness (QED) is 0.363. The smallest absolute Gasteiger partial charge is 0.319 e. The van der Waals surface area contributed by atoms with Gasteiger partial charge in [-0.05, 0) is 0 Å². The summed E-state index contributed by atoms with van der Waals surface area (Å²) in [5.41, 5.74) is 5.21. The van der Waals surface area contributed by atoms with Crippen LogP contribution in [0.25, 0.3) is 0 Å². The predicted octanol–water partition coefficient (Wildman–Crippen LogP) is 0.0579. The molecule has 3 heteroatoms. The molecule has 0 radical (unpaired) electrons. The molecule has 2 atom stereocenters. The highest BCUT2D eigenvalue weighted by atomic mass is 16.2. The van der Waals surface area contributed by atoms with E-state index in [0.717, 1.165) is 13.1 Å². The second-order valence-corrected chi connectivity index (χ2v) is 3.07. The standard InChI is InChI=1S/C6H10N2O/c7-6(9)8-3-1-2-5(8)4-8/h5H,1-4H2,(H-,7,9)/p+1. The van der Waals surface area contributed by atoms with Crippen LogP contribution in [0.4, 0.5) is 4.79 Å². The highest BCUT2D eigenvalue weighted by Crippen LogP contribution is 2.40. The van der Waals surface area contributed by atoms with Crippen LogP contribution in [-0.4, -0.2) is 29.6 Å². The number of piperidine rings is 1. The Hall–Kier alpha value is -0.570. The molecule has 2 amide bonds. The maximum atomic E-state index is 10.8. The van der Waals surface area contributed by atoms with Crippen molar-refractivity contribution in [2.75, 3.05) is 13.1 Å². The average molecular weight is 127 g/mol. The molecule has 0 spiro atoms. The zero-order valence-corrected chi connectivity index (χ0v) is 5.34. The lowest BCUT2D eigenvalue weighted by Crippen LogP contribution is -2.38. The summed E-state index contributed by atoms with van der Waals surface area (Å²) in [7, 11) is 0. The number of urea groups is 1. The zero-order chi connectivity index (χ0) is 6.48. The SMILES string of the molecule is NC(=O)[N+]12CCCC1C2. The van der Waals surface area contributed by atoms with Gasteiger partial charge >= 0.3 is 6.03 Å². The Morgan fingerprint density at radius 3 is 2.67 bits per heavy atom. The van der Waals surface area contributed by atoms with Gasteiger partial charge in [0.2, 0.25) is 0 Å². The van der Waals surface area contributed by atoms with Gasteiger partial charge in [0.1, 0.15) is 12.6 Å². The van der Waals surface area contributed by atoms with Crippen LogP contribution in [0.15, 0.2) is 0 Å². The first-order chi connectivity index (χ1) is 4.26. The summed E-state index contributed by atoms with van der Waals surface area (Å²) in [5.74, 6) is 0. The van der Waals surface area contributed by atoms with Gasteiger partial charge < -0.3 is 5.73 Å². The number of hydrogen-bond acceptors (Lipinski definition) is 1.